The van der Waals surface area contributed by atoms with Crippen LogP contribution in [0.25, 0.3) is 17.1 Å². The molecule has 1 fully saturated rings. The number of rotatable bonds is 4. The van der Waals surface area contributed by atoms with Crippen LogP contribution in [0.3, 0.4) is 0 Å². The average Bonchev–Trinajstić information content (AvgIpc) is 3.12. The summed E-state index contributed by atoms with van der Waals surface area (Å²) in [4.78, 5) is 50.6. The highest BCUT2D eigenvalue weighted by molar-refractivity contribution is 14.1. The van der Waals surface area contributed by atoms with Gasteiger partial charge < -0.3 is 5.32 Å². The van der Waals surface area contributed by atoms with Gasteiger partial charge in [0, 0.05) is 23.4 Å². The Morgan fingerprint density at radius 1 is 1.03 bits per heavy atom. The molecule has 0 atom stereocenters. The molecule has 2 aromatic carbocycles. The molecule has 0 saturated carbocycles. The number of hydrogen-bond donors (Lipinski definition) is 1. The topological polar surface area (TPSA) is 93.4 Å². The fourth-order valence-electron chi connectivity index (χ4n) is 3.28. The number of imidazole rings is 1. The molecule has 31 heavy (non-hydrogen) atoms. The normalized spacial score (nSPS) is 15.3. The summed E-state index contributed by atoms with van der Waals surface area (Å²) < 4.78 is 4.09. The van der Waals surface area contributed by atoms with Crippen molar-refractivity contribution in [2.45, 2.75) is 0 Å². The molecule has 1 aliphatic rings. The van der Waals surface area contributed by atoms with E-state index in [0.717, 1.165) is 31.3 Å². The van der Waals surface area contributed by atoms with Crippen LogP contribution < -0.4 is 11.0 Å². The monoisotopic (exact) mass is 548 g/mol. The molecule has 1 aromatic heterocycles. The maximum absolute atomic E-state index is 12.7. The minimum Gasteiger partial charge on any atom is -0.325 e. The molecule has 2 heterocycles. The number of imide groups is 1. The van der Waals surface area contributed by atoms with Gasteiger partial charge in [-0.1, -0.05) is 6.07 Å². The highest BCUT2D eigenvalue weighted by Crippen LogP contribution is 2.32. The first kappa shape index (κ1) is 21.4. The zero-order valence-electron chi connectivity index (χ0n) is 16.6. The van der Waals surface area contributed by atoms with Crippen LogP contribution in [-0.2, 0) is 23.7 Å². The van der Waals surface area contributed by atoms with Gasteiger partial charge in [0.15, 0.2) is 0 Å². The zero-order valence-corrected chi connectivity index (χ0v) is 19.6. The van der Waals surface area contributed by atoms with E-state index in [0.29, 0.717) is 11.3 Å². The van der Waals surface area contributed by atoms with Crippen LogP contribution in [0.1, 0.15) is 5.56 Å². The molecular weight excluding hydrogens is 531 g/mol. The number of nitrogens with one attached hydrogen (secondary N) is 1. The van der Waals surface area contributed by atoms with Crippen molar-refractivity contribution in [3.8, 4) is 0 Å². The number of benzene rings is 2. The molecule has 8 nitrogen and oxygen atoms in total. The van der Waals surface area contributed by atoms with Crippen molar-refractivity contribution in [1.82, 2.24) is 14.0 Å². The Kier molecular flexibility index (Phi) is 5.75. The first-order valence-electron chi connectivity index (χ1n) is 9.21. The van der Waals surface area contributed by atoms with Crippen molar-refractivity contribution >= 4 is 74.2 Å². The summed E-state index contributed by atoms with van der Waals surface area (Å²) in [6.45, 7) is -0.361. The quantitative estimate of drug-likeness (QED) is 0.400. The summed E-state index contributed by atoms with van der Waals surface area (Å²) in [7, 11) is 3.37. The summed E-state index contributed by atoms with van der Waals surface area (Å²) in [5.74, 6) is -0.972. The van der Waals surface area contributed by atoms with E-state index in [-0.39, 0.29) is 17.1 Å². The predicted octanol–water partition coefficient (Wildman–Crippen LogP) is 3.16. The molecule has 0 aliphatic carbocycles. The maximum Gasteiger partial charge on any atom is 0.328 e. The van der Waals surface area contributed by atoms with Gasteiger partial charge in [-0.25, -0.2) is 4.79 Å². The van der Waals surface area contributed by atoms with Crippen molar-refractivity contribution < 1.29 is 14.4 Å². The molecule has 3 aromatic rings. The van der Waals surface area contributed by atoms with Gasteiger partial charge in [-0.15, -0.1) is 0 Å². The van der Waals surface area contributed by atoms with Gasteiger partial charge in [-0.3, -0.25) is 28.4 Å². The SMILES string of the molecule is Cn1c(=O)n(C)c2cc(/C=C3/SC(=O)N(CC(=O)Nc4ccc(I)cc4)C3=O)ccc21. The highest BCUT2D eigenvalue weighted by atomic mass is 127. The van der Waals surface area contributed by atoms with E-state index in [1.807, 2.05) is 12.1 Å². The summed E-state index contributed by atoms with van der Waals surface area (Å²) >= 11 is 2.95. The fraction of sp³-hybridized carbons (Fsp3) is 0.143. The van der Waals surface area contributed by atoms with Crippen molar-refractivity contribution in [1.29, 1.82) is 0 Å². The van der Waals surface area contributed by atoms with Gasteiger partial charge in [0.1, 0.15) is 6.54 Å². The summed E-state index contributed by atoms with van der Waals surface area (Å²) in [5.41, 5.74) is 2.62. The number of aryl methyl sites for hydroxylation is 2. The lowest BCUT2D eigenvalue weighted by Crippen LogP contribution is -2.36. The second-order valence-electron chi connectivity index (χ2n) is 6.97. The molecule has 0 spiro atoms. The van der Waals surface area contributed by atoms with E-state index >= 15 is 0 Å². The minimum absolute atomic E-state index is 0.147. The largest absolute Gasteiger partial charge is 0.328 e. The van der Waals surface area contributed by atoms with Gasteiger partial charge in [0.05, 0.1) is 15.9 Å². The molecule has 4 rings (SSSR count). The number of carbonyl (C=O) groups is 3. The lowest BCUT2D eigenvalue weighted by molar-refractivity contribution is -0.127. The number of fused-ring (bicyclic) bond motifs is 1. The number of nitrogens with zero attached hydrogens (tertiary/aromatic N) is 3. The number of aromatic nitrogens is 2. The average molecular weight is 548 g/mol. The van der Waals surface area contributed by atoms with Crippen molar-refractivity contribution in [3.05, 3.63) is 67.0 Å². The van der Waals surface area contributed by atoms with Crippen LogP contribution in [0.5, 0.6) is 0 Å². The van der Waals surface area contributed by atoms with E-state index < -0.39 is 17.1 Å². The van der Waals surface area contributed by atoms with Gasteiger partial charge in [0.25, 0.3) is 11.1 Å². The Labute approximate surface area is 195 Å². The first-order valence-corrected chi connectivity index (χ1v) is 11.1. The molecule has 158 valence electrons. The Balaban J connectivity index is 1.52. The molecule has 3 amide bonds. The Morgan fingerprint density at radius 2 is 1.71 bits per heavy atom. The molecule has 0 bridgehead atoms. The van der Waals surface area contributed by atoms with Crippen LogP contribution in [0.2, 0.25) is 0 Å². The Bertz CT molecular complexity index is 1320. The summed E-state index contributed by atoms with van der Waals surface area (Å²) in [6.07, 6.45) is 1.60. The van der Waals surface area contributed by atoms with E-state index in [2.05, 4.69) is 27.9 Å². The third-order valence-electron chi connectivity index (χ3n) is 4.90. The lowest BCUT2D eigenvalue weighted by Gasteiger charge is -2.12. The van der Waals surface area contributed by atoms with Gasteiger partial charge >= 0.3 is 5.69 Å². The van der Waals surface area contributed by atoms with E-state index in [9.17, 15) is 19.2 Å². The van der Waals surface area contributed by atoms with Crippen molar-refractivity contribution in [2.24, 2.45) is 14.1 Å². The third-order valence-corrected chi connectivity index (χ3v) is 6.52. The lowest BCUT2D eigenvalue weighted by atomic mass is 10.2. The molecular formula is C21H17IN4O4S. The highest BCUT2D eigenvalue weighted by Gasteiger charge is 2.36. The van der Waals surface area contributed by atoms with E-state index in [1.165, 1.54) is 4.57 Å². The van der Waals surface area contributed by atoms with Crippen LogP contribution in [0, 0.1) is 3.57 Å². The van der Waals surface area contributed by atoms with Gasteiger partial charge in [0.2, 0.25) is 5.91 Å². The minimum atomic E-state index is -0.519. The van der Waals surface area contributed by atoms with E-state index in [1.54, 1.807) is 55.1 Å². The second kappa shape index (κ2) is 8.35. The molecule has 1 aliphatic heterocycles. The van der Waals surface area contributed by atoms with Crippen LogP contribution >= 0.6 is 34.4 Å². The first-order chi connectivity index (χ1) is 14.7. The number of amides is 3. The number of hydrogen-bond acceptors (Lipinski definition) is 5. The van der Waals surface area contributed by atoms with E-state index in [4.69, 9.17) is 0 Å². The van der Waals surface area contributed by atoms with Crippen LogP contribution in [-0.4, -0.2) is 37.6 Å². The Morgan fingerprint density at radius 3 is 2.42 bits per heavy atom. The molecule has 10 heteroatoms. The predicted molar refractivity (Wildman–Crippen MR) is 129 cm³/mol. The smallest absolute Gasteiger partial charge is 0.325 e. The van der Waals surface area contributed by atoms with Gasteiger partial charge in [-0.05, 0) is 82.4 Å². The fourth-order valence-corrected chi connectivity index (χ4v) is 4.48. The summed E-state index contributed by atoms with van der Waals surface area (Å²) in [6, 6.07) is 12.5. The van der Waals surface area contributed by atoms with Crippen molar-refractivity contribution in [3.63, 3.8) is 0 Å². The second-order valence-corrected chi connectivity index (χ2v) is 9.21. The van der Waals surface area contributed by atoms with Crippen LogP contribution in [0.4, 0.5) is 10.5 Å². The number of carbonyl (C=O) groups excluding carboxylic acids is 3. The third kappa shape index (κ3) is 4.17. The number of halogens is 1. The maximum atomic E-state index is 12.7. The standard InChI is InChI=1S/C21H17IN4O4S/c1-24-15-8-3-12(9-16(15)25(2)20(24)29)10-17-19(28)26(21(30)31-17)11-18(27)23-14-6-4-13(22)5-7-14/h3-10H,11H2,1-2H3,(H,23,27)/b17-10+. The number of thioether (sulfide) groups is 1. The van der Waals surface area contributed by atoms with Crippen molar-refractivity contribution in [2.75, 3.05) is 11.9 Å². The van der Waals surface area contributed by atoms with Gasteiger partial charge in [-0.2, -0.15) is 0 Å². The van der Waals surface area contributed by atoms with Crippen LogP contribution in [0.15, 0.2) is 52.2 Å². The molecule has 1 saturated heterocycles. The molecule has 0 radical (unpaired) electrons. The summed E-state index contributed by atoms with van der Waals surface area (Å²) in [5, 5.41) is 2.19. The molecule has 1 N–H and O–H groups in total. The zero-order chi connectivity index (χ0) is 22.3. The molecule has 0 unspecified atom stereocenters. The number of anilines is 1. The Hall–Kier alpha value is -2.86.